The zero-order chi connectivity index (χ0) is 12.0. The van der Waals surface area contributed by atoms with Crippen molar-refractivity contribution in [2.24, 2.45) is 0 Å². The molecule has 0 aliphatic carbocycles. The first kappa shape index (κ1) is 16.1. The molecule has 0 aliphatic rings. The summed E-state index contributed by atoms with van der Waals surface area (Å²) >= 11 is 0. The summed E-state index contributed by atoms with van der Waals surface area (Å²) in [4.78, 5) is -0.0527. The van der Waals surface area contributed by atoms with Crippen LogP contribution in [0.2, 0.25) is 0 Å². The molecule has 0 bridgehead atoms. The average Bonchev–Trinajstić information content (AvgIpc) is 2.09. The maximum absolute atomic E-state index is 11.1. The molecule has 5 heteroatoms. The molecule has 0 amide bonds. The Morgan fingerprint density at radius 1 is 0.750 bits per heavy atom. The van der Waals surface area contributed by atoms with Crippen molar-refractivity contribution < 1.29 is 42.5 Å². The molecule has 1 aromatic carbocycles. The van der Waals surface area contributed by atoms with Crippen LogP contribution in [-0.4, -0.2) is 13.0 Å². The fourth-order valence-electron chi connectivity index (χ4n) is 1.84. The van der Waals surface area contributed by atoms with E-state index in [4.69, 9.17) is 0 Å². The Balaban J connectivity index is 0.00000225. The summed E-state index contributed by atoms with van der Waals surface area (Å²) in [6, 6.07) is 0. The second kappa shape index (κ2) is 5.19. The molecule has 0 radical (unpaired) electrons. The van der Waals surface area contributed by atoms with Crippen LogP contribution in [-0.2, 0) is 10.1 Å². The minimum absolute atomic E-state index is 0. The van der Waals surface area contributed by atoms with E-state index < -0.39 is 10.1 Å². The van der Waals surface area contributed by atoms with Crippen molar-refractivity contribution in [3.63, 3.8) is 0 Å². The van der Waals surface area contributed by atoms with Gasteiger partial charge in [0.2, 0.25) is 0 Å². The standard InChI is InChI=1S/C11H16O3S.Na/c1-6-7(2)9(4)11(15(12,13)14)10(5)8(6)3;/h1-5H3,(H,12,13,14);/q;+1/p-1. The minimum atomic E-state index is -4.38. The molecule has 0 aromatic heterocycles. The van der Waals surface area contributed by atoms with Gasteiger partial charge in [0.05, 0.1) is 4.90 Å². The first-order valence-electron chi connectivity index (χ1n) is 4.70. The SMILES string of the molecule is Cc1c(C)c(C)c(S(=O)(=O)[O-])c(C)c1C.[Na+]. The summed E-state index contributed by atoms with van der Waals surface area (Å²) in [6.07, 6.45) is 0. The van der Waals surface area contributed by atoms with Crippen molar-refractivity contribution in [2.75, 3.05) is 0 Å². The maximum Gasteiger partial charge on any atom is 1.00 e. The Morgan fingerprint density at radius 3 is 1.25 bits per heavy atom. The van der Waals surface area contributed by atoms with Gasteiger partial charge in [-0.05, 0) is 62.4 Å². The van der Waals surface area contributed by atoms with Crippen LogP contribution in [0.15, 0.2) is 4.90 Å². The van der Waals surface area contributed by atoms with Crippen molar-refractivity contribution in [3.05, 3.63) is 27.8 Å². The average molecular weight is 250 g/mol. The third kappa shape index (κ3) is 2.68. The summed E-state index contributed by atoms with van der Waals surface area (Å²) in [7, 11) is -4.38. The zero-order valence-electron chi connectivity index (χ0n) is 10.6. The van der Waals surface area contributed by atoms with E-state index in [2.05, 4.69) is 0 Å². The Labute approximate surface area is 119 Å². The predicted molar refractivity (Wildman–Crippen MR) is 58.1 cm³/mol. The second-order valence-corrected chi connectivity index (χ2v) is 5.22. The number of benzene rings is 1. The topological polar surface area (TPSA) is 57.2 Å². The van der Waals surface area contributed by atoms with Crippen LogP contribution in [0.4, 0.5) is 0 Å². The Kier molecular flexibility index (Phi) is 5.23. The van der Waals surface area contributed by atoms with Gasteiger partial charge in [0.25, 0.3) is 0 Å². The van der Waals surface area contributed by atoms with Gasteiger partial charge in [-0.25, -0.2) is 8.42 Å². The second-order valence-electron chi connectivity index (χ2n) is 3.91. The van der Waals surface area contributed by atoms with E-state index in [0.29, 0.717) is 11.1 Å². The van der Waals surface area contributed by atoms with Crippen LogP contribution in [0.3, 0.4) is 0 Å². The van der Waals surface area contributed by atoms with E-state index >= 15 is 0 Å². The van der Waals surface area contributed by atoms with Gasteiger partial charge < -0.3 is 4.55 Å². The molecule has 1 aromatic rings. The van der Waals surface area contributed by atoms with Gasteiger partial charge in [-0.3, -0.25) is 0 Å². The van der Waals surface area contributed by atoms with E-state index in [9.17, 15) is 13.0 Å². The van der Waals surface area contributed by atoms with Crippen LogP contribution in [0, 0.1) is 34.6 Å². The smallest absolute Gasteiger partial charge is 0.744 e. The summed E-state index contributed by atoms with van der Waals surface area (Å²) in [5.74, 6) is 0. The van der Waals surface area contributed by atoms with E-state index in [-0.39, 0.29) is 34.5 Å². The molecule has 16 heavy (non-hydrogen) atoms. The zero-order valence-corrected chi connectivity index (χ0v) is 13.4. The molecule has 3 nitrogen and oxygen atoms in total. The summed E-state index contributed by atoms with van der Waals surface area (Å²) in [5, 5.41) is 0. The molecular weight excluding hydrogens is 235 g/mol. The fourth-order valence-corrected chi connectivity index (χ4v) is 2.90. The van der Waals surface area contributed by atoms with Gasteiger partial charge in [0.15, 0.2) is 0 Å². The van der Waals surface area contributed by atoms with Crippen molar-refractivity contribution in [3.8, 4) is 0 Å². The molecule has 1 rings (SSSR count). The van der Waals surface area contributed by atoms with Crippen LogP contribution in [0.5, 0.6) is 0 Å². The van der Waals surface area contributed by atoms with Crippen molar-refractivity contribution >= 4 is 10.1 Å². The quantitative estimate of drug-likeness (QED) is 0.481. The molecule has 0 saturated heterocycles. The molecule has 0 heterocycles. The molecule has 84 valence electrons. The Hall–Kier alpha value is 0.130. The van der Waals surface area contributed by atoms with Crippen molar-refractivity contribution in [1.29, 1.82) is 0 Å². The van der Waals surface area contributed by atoms with Gasteiger partial charge >= 0.3 is 29.6 Å². The molecule has 0 unspecified atom stereocenters. The van der Waals surface area contributed by atoms with E-state index in [1.807, 2.05) is 20.8 Å². The predicted octanol–water partition coefficient (Wildman–Crippen LogP) is -0.863. The first-order chi connectivity index (χ1) is 6.68. The largest absolute Gasteiger partial charge is 1.00 e. The van der Waals surface area contributed by atoms with Crippen LogP contribution in [0.1, 0.15) is 27.8 Å². The number of hydrogen-bond donors (Lipinski definition) is 0. The first-order valence-corrected chi connectivity index (χ1v) is 6.11. The van der Waals surface area contributed by atoms with Crippen LogP contribution < -0.4 is 29.6 Å². The van der Waals surface area contributed by atoms with Gasteiger partial charge in [-0.1, -0.05) is 0 Å². The normalized spacial score (nSPS) is 11.1. The van der Waals surface area contributed by atoms with Crippen molar-refractivity contribution in [1.82, 2.24) is 0 Å². The van der Waals surface area contributed by atoms with Gasteiger partial charge in [-0.15, -0.1) is 0 Å². The molecular formula is C11H15NaO3S. The number of rotatable bonds is 1. The Bertz CT molecular complexity index is 490. The van der Waals surface area contributed by atoms with Crippen molar-refractivity contribution in [2.45, 2.75) is 39.5 Å². The third-order valence-electron chi connectivity index (χ3n) is 3.18. The fraction of sp³-hybridized carbons (Fsp3) is 0.455. The van der Waals surface area contributed by atoms with E-state index in [1.54, 1.807) is 13.8 Å². The summed E-state index contributed by atoms with van der Waals surface area (Å²) in [5.41, 5.74) is 3.97. The Morgan fingerprint density at radius 2 is 1.00 bits per heavy atom. The molecule has 0 fully saturated rings. The molecule has 0 N–H and O–H groups in total. The molecule has 0 spiro atoms. The van der Waals surface area contributed by atoms with E-state index in [0.717, 1.165) is 16.7 Å². The minimum Gasteiger partial charge on any atom is -0.744 e. The molecule has 0 saturated carbocycles. The van der Waals surface area contributed by atoms with Gasteiger partial charge in [0, 0.05) is 0 Å². The molecule has 0 aliphatic heterocycles. The maximum atomic E-state index is 11.1. The van der Waals surface area contributed by atoms with Crippen LogP contribution in [0.25, 0.3) is 0 Å². The molecule has 0 atom stereocenters. The van der Waals surface area contributed by atoms with Gasteiger partial charge in [0.1, 0.15) is 10.1 Å². The van der Waals surface area contributed by atoms with E-state index in [1.165, 1.54) is 0 Å². The third-order valence-corrected chi connectivity index (χ3v) is 4.29. The summed E-state index contributed by atoms with van der Waals surface area (Å²) < 4.78 is 33.4. The monoisotopic (exact) mass is 250 g/mol. The van der Waals surface area contributed by atoms with Crippen LogP contribution >= 0.6 is 0 Å². The summed E-state index contributed by atoms with van der Waals surface area (Å²) in [6.45, 7) is 8.97. The van der Waals surface area contributed by atoms with Gasteiger partial charge in [-0.2, -0.15) is 0 Å². The number of hydrogen-bond acceptors (Lipinski definition) is 3.